The number of hydrogen-bond donors (Lipinski definition) is 0. The normalized spacial score (nSPS) is 25.7. The summed E-state index contributed by atoms with van der Waals surface area (Å²) in [5, 5.41) is 0.187. The van der Waals surface area contributed by atoms with Gasteiger partial charge in [-0.1, -0.05) is 79.1 Å². The molecular formula is C25H46O4Si. The van der Waals surface area contributed by atoms with Crippen LogP contribution in [0.1, 0.15) is 98.3 Å². The van der Waals surface area contributed by atoms with Gasteiger partial charge in [-0.3, -0.25) is 0 Å². The van der Waals surface area contributed by atoms with E-state index < -0.39 is 8.32 Å². The molecule has 30 heavy (non-hydrogen) atoms. The van der Waals surface area contributed by atoms with Gasteiger partial charge in [-0.25, -0.2) is 4.79 Å². The molecule has 0 unspecified atom stereocenters. The lowest BCUT2D eigenvalue weighted by Crippen LogP contribution is -2.47. The van der Waals surface area contributed by atoms with Gasteiger partial charge in [-0.05, 0) is 43.5 Å². The van der Waals surface area contributed by atoms with Crippen molar-refractivity contribution in [3.05, 3.63) is 12.2 Å². The standard InChI is InChI=1S/C25H46O4Si/c1-7-8-9-10-11-12-13-14-15-23(29-30(5,6)25(2,3)4)22-17-16-20(27-22)21-18-19-24(26)28-21/h18-23H,7-17H2,1-6H3/t20-,21+,22-,23-/m0/s1. The van der Waals surface area contributed by atoms with Crippen LogP contribution in [-0.4, -0.2) is 38.7 Å². The summed E-state index contributed by atoms with van der Waals surface area (Å²) >= 11 is 0. The molecule has 0 amide bonds. The highest BCUT2D eigenvalue weighted by Gasteiger charge is 2.43. The number of unbranched alkanes of at least 4 members (excludes halogenated alkanes) is 7. The van der Waals surface area contributed by atoms with Crippen molar-refractivity contribution in [3.8, 4) is 0 Å². The van der Waals surface area contributed by atoms with Gasteiger partial charge in [0.15, 0.2) is 8.32 Å². The van der Waals surface area contributed by atoms with E-state index in [0.717, 1.165) is 19.3 Å². The zero-order valence-corrected chi connectivity index (χ0v) is 21.4. The molecule has 0 aliphatic carbocycles. The molecule has 0 aromatic carbocycles. The van der Waals surface area contributed by atoms with Gasteiger partial charge in [0.1, 0.15) is 6.10 Å². The fraction of sp³-hybridized carbons (Fsp3) is 0.880. The topological polar surface area (TPSA) is 44.8 Å². The highest BCUT2D eigenvalue weighted by molar-refractivity contribution is 6.74. The third-order valence-electron chi connectivity index (χ3n) is 7.13. The van der Waals surface area contributed by atoms with Crippen LogP contribution in [0.3, 0.4) is 0 Å². The van der Waals surface area contributed by atoms with E-state index in [2.05, 4.69) is 40.8 Å². The van der Waals surface area contributed by atoms with E-state index in [1.165, 1.54) is 57.4 Å². The predicted molar refractivity (Wildman–Crippen MR) is 126 cm³/mol. The van der Waals surface area contributed by atoms with Gasteiger partial charge in [-0.15, -0.1) is 0 Å². The Labute approximate surface area is 186 Å². The Balaban J connectivity index is 1.86. The second-order valence-corrected chi connectivity index (χ2v) is 15.5. The van der Waals surface area contributed by atoms with Crippen LogP contribution in [0.25, 0.3) is 0 Å². The van der Waals surface area contributed by atoms with E-state index in [1.807, 2.05) is 6.08 Å². The first-order chi connectivity index (χ1) is 14.1. The molecule has 2 aliphatic heterocycles. The van der Waals surface area contributed by atoms with Crippen LogP contribution in [0.4, 0.5) is 0 Å². The molecule has 0 saturated carbocycles. The maximum absolute atomic E-state index is 11.4. The van der Waals surface area contributed by atoms with Crippen molar-refractivity contribution in [3.63, 3.8) is 0 Å². The fourth-order valence-corrected chi connectivity index (χ4v) is 5.53. The van der Waals surface area contributed by atoms with E-state index in [9.17, 15) is 4.79 Å². The largest absolute Gasteiger partial charge is 0.452 e. The molecular weight excluding hydrogens is 392 g/mol. The minimum atomic E-state index is -1.87. The molecule has 0 radical (unpaired) electrons. The zero-order valence-electron chi connectivity index (χ0n) is 20.4. The summed E-state index contributed by atoms with van der Waals surface area (Å²) < 4.78 is 18.6. The summed E-state index contributed by atoms with van der Waals surface area (Å²) in [6.45, 7) is 13.8. The molecule has 0 N–H and O–H groups in total. The van der Waals surface area contributed by atoms with Crippen LogP contribution >= 0.6 is 0 Å². The molecule has 0 aromatic heterocycles. The van der Waals surface area contributed by atoms with Crippen molar-refractivity contribution in [2.24, 2.45) is 0 Å². The van der Waals surface area contributed by atoms with Crippen molar-refractivity contribution in [2.75, 3.05) is 0 Å². The Morgan fingerprint density at radius 2 is 1.70 bits per heavy atom. The van der Waals surface area contributed by atoms with Gasteiger partial charge in [0.25, 0.3) is 0 Å². The molecule has 2 heterocycles. The van der Waals surface area contributed by atoms with Crippen LogP contribution in [0, 0.1) is 0 Å². The lowest BCUT2D eigenvalue weighted by molar-refractivity contribution is -0.145. The fourth-order valence-electron chi connectivity index (χ4n) is 4.15. The van der Waals surface area contributed by atoms with Crippen molar-refractivity contribution in [2.45, 2.75) is 141 Å². The molecule has 4 nitrogen and oxygen atoms in total. The van der Waals surface area contributed by atoms with Gasteiger partial charge >= 0.3 is 5.97 Å². The first-order valence-electron chi connectivity index (χ1n) is 12.4. The van der Waals surface area contributed by atoms with Gasteiger partial charge in [0.2, 0.25) is 0 Å². The van der Waals surface area contributed by atoms with Crippen LogP contribution < -0.4 is 0 Å². The molecule has 0 bridgehead atoms. The maximum Gasteiger partial charge on any atom is 0.331 e. The van der Waals surface area contributed by atoms with E-state index in [1.54, 1.807) is 0 Å². The van der Waals surface area contributed by atoms with Crippen LogP contribution in [-0.2, 0) is 18.7 Å². The number of esters is 1. The summed E-state index contributed by atoms with van der Waals surface area (Å²) in [5.41, 5.74) is 0. The van der Waals surface area contributed by atoms with Crippen LogP contribution in [0.5, 0.6) is 0 Å². The average molecular weight is 439 g/mol. The SMILES string of the molecule is CCCCCCCCCC[C@H](O[Si](C)(C)C(C)(C)C)[C@@H]1CC[C@@H]([C@H]2C=CC(=O)O2)O1. The summed E-state index contributed by atoms with van der Waals surface area (Å²) in [6.07, 6.45) is 17.0. The molecule has 2 rings (SSSR count). The van der Waals surface area contributed by atoms with E-state index in [4.69, 9.17) is 13.9 Å². The minimum Gasteiger partial charge on any atom is -0.452 e. The first kappa shape index (κ1) is 25.6. The number of ether oxygens (including phenoxy) is 2. The Bertz CT molecular complexity index is 552. The van der Waals surface area contributed by atoms with Gasteiger partial charge in [0.05, 0.1) is 18.3 Å². The molecule has 2 aliphatic rings. The van der Waals surface area contributed by atoms with Crippen molar-refractivity contribution in [1.29, 1.82) is 0 Å². The number of rotatable bonds is 13. The first-order valence-corrected chi connectivity index (χ1v) is 15.3. The minimum absolute atomic E-state index is 0.0261. The van der Waals surface area contributed by atoms with Gasteiger partial charge in [-0.2, -0.15) is 0 Å². The highest BCUT2D eigenvalue weighted by atomic mass is 28.4. The lowest BCUT2D eigenvalue weighted by atomic mass is 10.0. The quantitative estimate of drug-likeness (QED) is 0.177. The number of cyclic esters (lactones) is 1. The number of hydrogen-bond acceptors (Lipinski definition) is 4. The smallest absolute Gasteiger partial charge is 0.331 e. The van der Waals surface area contributed by atoms with Crippen LogP contribution in [0.2, 0.25) is 18.1 Å². The molecule has 1 saturated heterocycles. The molecule has 1 fully saturated rings. The van der Waals surface area contributed by atoms with Gasteiger partial charge in [0, 0.05) is 6.08 Å². The van der Waals surface area contributed by atoms with Crippen molar-refractivity contribution < 1.29 is 18.7 Å². The van der Waals surface area contributed by atoms with Gasteiger partial charge < -0.3 is 13.9 Å². The van der Waals surface area contributed by atoms with Crippen LogP contribution in [0.15, 0.2) is 12.2 Å². The molecule has 5 heteroatoms. The Morgan fingerprint density at radius 3 is 2.27 bits per heavy atom. The Morgan fingerprint density at radius 1 is 1.07 bits per heavy atom. The molecule has 0 spiro atoms. The second-order valence-electron chi connectivity index (χ2n) is 10.7. The number of carbonyl (C=O) groups is 1. The molecule has 4 atom stereocenters. The molecule has 0 aromatic rings. The Kier molecular flexibility index (Phi) is 10.1. The lowest BCUT2D eigenvalue weighted by Gasteiger charge is -2.41. The average Bonchev–Trinajstić information content (AvgIpc) is 3.31. The van der Waals surface area contributed by atoms with Crippen molar-refractivity contribution >= 4 is 14.3 Å². The van der Waals surface area contributed by atoms with E-state index in [0.29, 0.717) is 0 Å². The van der Waals surface area contributed by atoms with E-state index >= 15 is 0 Å². The summed E-state index contributed by atoms with van der Waals surface area (Å²) in [6, 6.07) is 0. The summed E-state index contributed by atoms with van der Waals surface area (Å²) in [7, 11) is -1.87. The van der Waals surface area contributed by atoms with Crippen molar-refractivity contribution in [1.82, 2.24) is 0 Å². The Hall–Kier alpha value is -0.653. The zero-order chi connectivity index (χ0) is 22.2. The summed E-state index contributed by atoms with van der Waals surface area (Å²) in [5.74, 6) is -0.250. The highest BCUT2D eigenvalue weighted by Crippen LogP contribution is 2.40. The number of carbonyl (C=O) groups excluding carboxylic acids is 1. The van der Waals surface area contributed by atoms with E-state index in [-0.39, 0.29) is 35.4 Å². The third-order valence-corrected chi connectivity index (χ3v) is 11.6. The maximum atomic E-state index is 11.4. The summed E-state index contributed by atoms with van der Waals surface area (Å²) in [4.78, 5) is 11.4. The third kappa shape index (κ3) is 7.80. The molecule has 174 valence electrons. The predicted octanol–water partition coefficient (Wildman–Crippen LogP) is 6.94. The monoisotopic (exact) mass is 438 g/mol. The second kappa shape index (κ2) is 11.8.